The number of amides is 1. The lowest BCUT2D eigenvalue weighted by Gasteiger charge is -2.33. The highest BCUT2D eigenvalue weighted by Gasteiger charge is 2.17. The predicted octanol–water partition coefficient (Wildman–Crippen LogP) is 1.98. The number of nitrogens with one attached hydrogen (secondary N) is 1. The molecule has 0 unspecified atom stereocenters. The van der Waals surface area contributed by atoms with Crippen molar-refractivity contribution < 1.29 is 4.79 Å². The van der Waals surface area contributed by atoms with Crippen molar-refractivity contribution in [3.05, 3.63) is 47.3 Å². The van der Waals surface area contributed by atoms with Crippen LogP contribution in [0.15, 0.2) is 30.3 Å². The summed E-state index contributed by atoms with van der Waals surface area (Å²) in [6.45, 7) is 7.79. The highest BCUT2D eigenvalue weighted by atomic mass is 16.1. The maximum Gasteiger partial charge on any atom is 0.209 e. The first kappa shape index (κ1) is 16.2. The molecular weight excluding hydrogens is 302 g/mol. The molecule has 0 atom stereocenters. The average molecular weight is 325 g/mol. The summed E-state index contributed by atoms with van der Waals surface area (Å²) in [5.41, 5.74) is 2.48. The molecule has 1 fully saturated rings. The fourth-order valence-corrected chi connectivity index (χ4v) is 2.76. The van der Waals surface area contributed by atoms with E-state index < -0.39 is 0 Å². The van der Waals surface area contributed by atoms with Crippen LogP contribution in [0.4, 0.5) is 11.6 Å². The fourth-order valence-electron chi connectivity index (χ4n) is 2.76. The molecule has 0 saturated carbocycles. The third-order valence-corrected chi connectivity index (χ3v) is 4.21. The molecule has 3 rings (SSSR count). The number of aryl methyl sites for hydroxylation is 2. The van der Waals surface area contributed by atoms with Gasteiger partial charge in [-0.25, -0.2) is 9.97 Å². The Morgan fingerprint density at radius 2 is 1.79 bits per heavy atom. The number of anilines is 2. The van der Waals surface area contributed by atoms with E-state index in [4.69, 9.17) is 0 Å². The molecule has 0 aliphatic carbocycles. The van der Waals surface area contributed by atoms with E-state index in [1.165, 1.54) is 11.1 Å². The molecule has 0 radical (unpaired) electrons. The first-order valence-corrected chi connectivity index (χ1v) is 8.23. The van der Waals surface area contributed by atoms with E-state index in [1.807, 2.05) is 13.0 Å². The molecule has 2 aromatic rings. The van der Waals surface area contributed by atoms with Crippen molar-refractivity contribution in [1.82, 2.24) is 14.9 Å². The third kappa shape index (κ3) is 4.01. The highest BCUT2D eigenvalue weighted by molar-refractivity contribution is 5.52. The first-order chi connectivity index (χ1) is 11.6. The van der Waals surface area contributed by atoms with Gasteiger partial charge in [0.25, 0.3) is 0 Å². The van der Waals surface area contributed by atoms with Crippen molar-refractivity contribution in [3.63, 3.8) is 0 Å². The van der Waals surface area contributed by atoms with E-state index in [0.717, 1.165) is 56.6 Å². The van der Waals surface area contributed by atoms with Crippen molar-refractivity contribution in [1.29, 1.82) is 0 Å². The molecule has 6 heteroatoms. The Balaban J connectivity index is 1.67. The lowest BCUT2D eigenvalue weighted by Crippen LogP contribution is -2.46. The van der Waals surface area contributed by atoms with E-state index in [-0.39, 0.29) is 0 Å². The fraction of sp³-hybridized carbons (Fsp3) is 0.389. The van der Waals surface area contributed by atoms with Gasteiger partial charge in [-0.3, -0.25) is 4.79 Å². The number of carbonyl (C=O) groups excluding carboxylic acids is 1. The summed E-state index contributed by atoms with van der Waals surface area (Å²) in [7, 11) is 0. The normalized spacial score (nSPS) is 14.6. The molecule has 1 aromatic heterocycles. The molecule has 0 bridgehead atoms. The smallest absolute Gasteiger partial charge is 0.209 e. The van der Waals surface area contributed by atoms with Crippen LogP contribution in [0.1, 0.15) is 17.0 Å². The van der Waals surface area contributed by atoms with Crippen LogP contribution in [0, 0.1) is 13.8 Å². The number of rotatable bonds is 5. The summed E-state index contributed by atoms with van der Waals surface area (Å²) < 4.78 is 0. The Bertz CT molecular complexity index is 693. The van der Waals surface area contributed by atoms with Crippen LogP contribution in [-0.4, -0.2) is 47.5 Å². The number of piperazine rings is 1. The molecule has 6 nitrogen and oxygen atoms in total. The van der Waals surface area contributed by atoms with Crippen molar-refractivity contribution >= 4 is 18.0 Å². The SMILES string of the molecule is Cc1ccc(CNc2cc(N3CCN(C=O)CC3)nc(C)n2)cc1. The Morgan fingerprint density at radius 1 is 1.08 bits per heavy atom. The molecule has 0 spiro atoms. The van der Waals surface area contributed by atoms with E-state index in [0.29, 0.717) is 0 Å². The molecule has 1 aromatic carbocycles. The molecule has 24 heavy (non-hydrogen) atoms. The predicted molar refractivity (Wildman–Crippen MR) is 95.1 cm³/mol. The van der Waals surface area contributed by atoms with Gasteiger partial charge in [0.2, 0.25) is 6.41 Å². The number of carbonyl (C=O) groups is 1. The number of hydrogen-bond acceptors (Lipinski definition) is 5. The third-order valence-electron chi connectivity index (χ3n) is 4.21. The van der Waals surface area contributed by atoms with Crippen molar-refractivity contribution in [2.45, 2.75) is 20.4 Å². The van der Waals surface area contributed by atoms with Crippen LogP contribution in [0.3, 0.4) is 0 Å². The zero-order valence-corrected chi connectivity index (χ0v) is 14.2. The number of aromatic nitrogens is 2. The first-order valence-electron chi connectivity index (χ1n) is 8.23. The average Bonchev–Trinajstić information content (AvgIpc) is 2.61. The van der Waals surface area contributed by atoms with Gasteiger partial charge in [0.05, 0.1) is 0 Å². The zero-order chi connectivity index (χ0) is 16.9. The van der Waals surface area contributed by atoms with Gasteiger partial charge in [-0.1, -0.05) is 29.8 Å². The molecule has 2 heterocycles. The molecule has 1 aliphatic rings. The van der Waals surface area contributed by atoms with Crippen LogP contribution < -0.4 is 10.2 Å². The second-order valence-electron chi connectivity index (χ2n) is 6.13. The minimum Gasteiger partial charge on any atom is -0.366 e. The summed E-state index contributed by atoms with van der Waals surface area (Å²) >= 11 is 0. The van der Waals surface area contributed by atoms with E-state index in [9.17, 15) is 4.79 Å². The van der Waals surface area contributed by atoms with Crippen LogP contribution in [0.5, 0.6) is 0 Å². The lowest BCUT2D eigenvalue weighted by molar-refractivity contribution is -0.118. The van der Waals surface area contributed by atoms with Gasteiger partial charge >= 0.3 is 0 Å². The number of hydrogen-bond donors (Lipinski definition) is 1. The van der Waals surface area contributed by atoms with Gasteiger partial charge in [0.1, 0.15) is 17.5 Å². The Hall–Kier alpha value is -2.63. The van der Waals surface area contributed by atoms with Crippen LogP contribution in [0.25, 0.3) is 0 Å². The van der Waals surface area contributed by atoms with Gasteiger partial charge in [-0.2, -0.15) is 0 Å². The van der Waals surface area contributed by atoms with Crippen LogP contribution in [-0.2, 0) is 11.3 Å². The van der Waals surface area contributed by atoms with E-state index in [1.54, 1.807) is 4.90 Å². The largest absolute Gasteiger partial charge is 0.366 e. The molecule has 1 N–H and O–H groups in total. The minimum atomic E-state index is 0.731. The van der Waals surface area contributed by atoms with Gasteiger partial charge in [-0.15, -0.1) is 0 Å². The quantitative estimate of drug-likeness (QED) is 0.852. The van der Waals surface area contributed by atoms with Crippen molar-refractivity contribution in [3.8, 4) is 0 Å². The van der Waals surface area contributed by atoms with Crippen molar-refractivity contribution in [2.75, 3.05) is 36.4 Å². The lowest BCUT2D eigenvalue weighted by atomic mass is 10.1. The summed E-state index contributed by atoms with van der Waals surface area (Å²) in [4.78, 5) is 23.8. The molecule has 1 amide bonds. The standard InChI is InChI=1S/C18H23N5O/c1-14-3-5-16(6-4-14)12-19-17-11-18(21-15(2)20-17)23-9-7-22(13-24)8-10-23/h3-6,11,13H,7-10,12H2,1-2H3,(H,19,20,21). The molecule has 1 saturated heterocycles. The van der Waals surface area contributed by atoms with Crippen molar-refractivity contribution in [2.24, 2.45) is 0 Å². The summed E-state index contributed by atoms with van der Waals surface area (Å²) in [6.07, 6.45) is 0.914. The molecular formula is C18H23N5O. The topological polar surface area (TPSA) is 61.4 Å². The molecule has 1 aliphatic heterocycles. The summed E-state index contributed by atoms with van der Waals surface area (Å²) in [5.74, 6) is 2.49. The van der Waals surface area contributed by atoms with Crippen LogP contribution in [0.2, 0.25) is 0 Å². The molecule has 126 valence electrons. The second kappa shape index (κ2) is 7.29. The summed E-state index contributed by atoms with van der Waals surface area (Å²) in [5, 5.41) is 3.38. The number of benzene rings is 1. The Morgan fingerprint density at radius 3 is 2.46 bits per heavy atom. The van der Waals surface area contributed by atoms with E-state index >= 15 is 0 Å². The van der Waals surface area contributed by atoms with Gasteiger partial charge in [0, 0.05) is 38.8 Å². The summed E-state index contributed by atoms with van der Waals surface area (Å²) in [6, 6.07) is 10.4. The van der Waals surface area contributed by atoms with Crippen LogP contribution >= 0.6 is 0 Å². The maximum atomic E-state index is 10.8. The Labute approximate surface area is 142 Å². The Kier molecular flexibility index (Phi) is 4.93. The minimum absolute atomic E-state index is 0.731. The zero-order valence-electron chi connectivity index (χ0n) is 14.2. The maximum absolute atomic E-state index is 10.8. The van der Waals surface area contributed by atoms with E-state index in [2.05, 4.69) is 51.4 Å². The van der Waals surface area contributed by atoms with Gasteiger partial charge in [0.15, 0.2) is 0 Å². The second-order valence-corrected chi connectivity index (χ2v) is 6.13. The number of nitrogens with zero attached hydrogens (tertiary/aromatic N) is 4. The van der Waals surface area contributed by atoms with Gasteiger partial charge < -0.3 is 15.1 Å². The highest BCUT2D eigenvalue weighted by Crippen LogP contribution is 2.18. The monoisotopic (exact) mass is 325 g/mol. The van der Waals surface area contributed by atoms with Gasteiger partial charge in [-0.05, 0) is 19.4 Å².